The van der Waals surface area contributed by atoms with Crippen LogP contribution in [0.2, 0.25) is 6.32 Å². The SMILES string of the molecule is CC1(C)CB(c2cccc(C/C=C(\N)c3ccc(-c4ccccc4)cc3)c2)O1.NCc1ccccc1. The Labute approximate surface area is 215 Å². The van der Waals surface area contributed by atoms with Crippen molar-refractivity contribution in [3.63, 3.8) is 0 Å². The van der Waals surface area contributed by atoms with Crippen LogP contribution in [-0.4, -0.2) is 12.5 Å². The Morgan fingerprint density at radius 3 is 1.97 bits per heavy atom. The minimum atomic E-state index is 0.0108. The van der Waals surface area contributed by atoms with Crippen molar-refractivity contribution < 1.29 is 4.65 Å². The van der Waals surface area contributed by atoms with Gasteiger partial charge in [0, 0.05) is 17.8 Å². The van der Waals surface area contributed by atoms with Crippen molar-refractivity contribution in [1.82, 2.24) is 0 Å². The molecule has 1 aliphatic rings. The maximum absolute atomic E-state index is 6.34. The Hall–Kier alpha value is -3.60. The lowest BCUT2D eigenvalue weighted by atomic mass is 9.48. The molecular formula is C32H35BN2O. The lowest BCUT2D eigenvalue weighted by Gasteiger charge is -2.41. The van der Waals surface area contributed by atoms with Crippen molar-refractivity contribution >= 4 is 18.1 Å². The van der Waals surface area contributed by atoms with Gasteiger partial charge in [-0.15, -0.1) is 0 Å². The van der Waals surface area contributed by atoms with Gasteiger partial charge in [0.25, 0.3) is 0 Å². The van der Waals surface area contributed by atoms with E-state index >= 15 is 0 Å². The fraction of sp³-hybridized carbons (Fsp3) is 0.188. The predicted molar refractivity (Wildman–Crippen MR) is 154 cm³/mol. The molecule has 0 radical (unpaired) electrons. The molecule has 3 nitrogen and oxygen atoms in total. The van der Waals surface area contributed by atoms with E-state index in [1.807, 2.05) is 36.4 Å². The van der Waals surface area contributed by atoms with Crippen LogP contribution in [0.4, 0.5) is 0 Å². The molecule has 1 fully saturated rings. The van der Waals surface area contributed by atoms with E-state index in [2.05, 4.69) is 92.7 Å². The van der Waals surface area contributed by atoms with Crippen LogP contribution in [-0.2, 0) is 17.6 Å². The standard InChI is InChI=1S/C25H26BNO.C7H9N/c1-25(2)18-26(28-25)23-10-6-7-19(17-23)11-16-24(27)22-14-12-21(13-15-22)20-8-4-3-5-9-20;8-6-7-4-2-1-3-5-7/h3-10,12-17H,11,18,27H2,1-2H3;1-5H,6,8H2/b24-16-;. The average molecular weight is 474 g/mol. The molecule has 1 aliphatic heterocycles. The maximum Gasteiger partial charge on any atom is 0.330 e. The summed E-state index contributed by atoms with van der Waals surface area (Å²) in [5, 5.41) is 0. The molecule has 0 aliphatic carbocycles. The van der Waals surface area contributed by atoms with Gasteiger partial charge in [-0.1, -0.05) is 115 Å². The summed E-state index contributed by atoms with van der Waals surface area (Å²) in [6.45, 7) is 5.14. The highest BCUT2D eigenvalue weighted by Crippen LogP contribution is 2.30. The van der Waals surface area contributed by atoms with E-state index in [0.29, 0.717) is 6.54 Å². The van der Waals surface area contributed by atoms with E-state index in [4.69, 9.17) is 16.1 Å². The molecule has 4 N–H and O–H groups in total. The van der Waals surface area contributed by atoms with Gasteiger partial charge in [0.05, 0.1) is 0 Å². The van der Waals surface area contributed by atoms with Gasteiger partial charge in [-0.25, -0.2) is 0 Å². The zero-order chi connectivity index (χ0) is 25.4. The van der Waals surface area contributed by atoms with Crippen molar-refractivity contribution in [2.45, 2.75) is 38.7 Å². The molecule has 0 atom stereocenters. The highest BCUT2D eigenvalue weighted by atomic mass is 16.5. The van der Waals surface area contributed by atoms with E-state index in [9.17, 15) is 0 Å². The zero-order valence-corrected chi connectivity index (χ0v) is 21.2. The Morgan fingerprint density at radius 2 is 1.39 bits per heavy atom. The van der Waals surface area contributed by atoms with Crippen LogP contribution in [0.25, 0.3) is 16.8 Å². The molecule has 182 valence electrons. The van der Waals surface area contributed by atoms with Crippen LogP contribution in [0.15, 0.2) is 115 Å². The highest BCUT2D eigenvalue weighted by Gasteiger charge is 2.41. The number of hydrogen-bond acceptors (Lipinski definition) is 3. The number of hydrogen-bond donors (Lipinski definition) is 2. The van der Waals surface area contributed by atoms with Crippen molar-refractivity contribution in [2.75, 3.05) is 0 Å². The quantitative estimate of drug-likeness (QED) is 0.335. The summed E-state index contributed by atoms with van der Waals surface area (Å²) in [7, 11) is 0. The first-order valence-electron chi connectivity index (χ1n) is 12.6. The fourth-order valence-corrected chi connectivity index (χ4v) is 4.37. The Morgan fingerprint density at radius 1 is 0.806 bits per heavy atom. The van der Waals surface area contributed by atoms with Gasteiger partial charge in [-0.3, -0.25) is 0 Å². The molecule has 0 spiro atoms. The first-order valence-corrected chi connectivity index (χ1v) is 12.6. The zero-order valence-electron chi connectivity index (χ0n) is 21.2. The second-order valence-electron chi connectivity index (χ2n) is 9.81. The maximum atomic E-state index is 6.34. The lowest BCUT2D eigenvalue weighted by Crippen LogP contribution is -2.55. The molecule has 4 aromatic rings. The molecule has 0 saturated carbocycles. The monoisotopic (exact) mass is 474 g/mol. The molecule has 36 heavy (non-hydrogen) atoms. The minimum Gasteiger partial charge on any atom is -0.427 e. The van der Waals surface area contributed by atoms with Crippen LogP contribution in [0.5, 0.6) is 0 Å². The minimum absolute atomic E-state index is 0.0108. The van der Waals surface area contributed by atoms with Gasteiger partial charge in [0.15, 0.2) is 0 Å². The summed E-state index contributed by atoms with van der Waals surface area (Å²) in [6, 6.07) is 37.5. The summed E-state index contributed by atoms with van der Waals surface area (Å²) in [5.41, 5.74) is 19.7. The Balaban J connectivity index is 0.000000325. The second kappa shape index (κ2) is 11.9. The molecule has 0 unspecified atom stereocenters. The van der Waals surface area contributed by atoms with Crippen molar-refractivity contribution in [1.29, 1.82) is 0 Å². The third-order valence-electron chi connectivity index (χ3n) is 6.42. The summed E-state index contributed by atoms with van der Waals surface area (Å²) < 4.78 is 5.97. The molecule has 4 heteroatoms. The first kappa shape index (κ1) is 25.5. The molecule has 0 bridgehead atoms. The smallest absolute Gasteiger partial charge is 0.330 e. The van der Waals surface area contributed by atoms with E-state index in [1.54, 1.807) is 0 Å². The van der Waals surface area contributed by atoms with E-state index in [1.165, 1.54) is 27.7 Å². The van der Waals surface area contributed by atoms with Gasteiger partial charge in [-0.2, -0.15) is 0 Å². The fourth-order valence-electron chi connectivity index (χ4n) is 4.37. The van der Waals surface area contributed by atoms with Crippen LogP contribution in [0.3, 0.4) is 0 Å². The number of allylic oxidation sites excluding steroid dienone is 1. The molecule has 0 amide bonds. The van der Waals surface area contributed by atoms with E-state index < -0.39 is 0 Å². The van der Waals surface area contributed by atoms with Gasteiger partial charge in [0.1, 0.15) is 0 Å². The number of nitrogens with two attached hydrogens (primary N) is 2. The van der Waals surface area contributed by atoms with Crippen LogP contribution >= 0.6 is 0 Å². The van der Waals surface area contributed by atoms with Crippen molar-refractivity contribution in [2.24, 2.45) is 11.5 Å². The van der Waals surface area contributed by atoms with Gasteiger partial charge in [-0.05, 0) is 59.9 Å². The summed E-state index contributed by atoms with van der Waals surface area (Å²) in [5.74, 6) is 0. The Bertz CT molecular complexity index is 1260. The van der Waals surface area contributed by atoms with Gasteiger partial charge < -0.3 is 16.1 Å². The molecule has 5 rings (SSSR count). The predicted octanol–water partition coefficient (Wildman–Crippen LogP) is 6.05. The summed E-state index contributed by atoms with van der Waals surface area (Å²) in [6.07, 6.45) is 3.99. The lowest BCUT2D eigenvalue weighted by molar-refractivity contribution is 0.0742. The molecule has 1 saturated heterocycles. The van der Waals surface area contributed by atoms with Gasteiger partial charge >= 0.3 is 6.92 Å². The molecular weight excluding hydrogens is 439 g/mol. The third kappa shape index (κ3) is 6.97. The van der Waals surface area contributed by atoms with E-state index in [0.717, 1.165) is 24.0 Å². The highest BCUT2D eigenvalue weighted by molar-refractivity contribution is 6.69. The summed E-state index contributed by atoms with van der Waals surface area (Å²) >= 11 is 0. The molecule has 0 aromatic heterocycles. The third-order valence-corrected chi connectivity index (χ3v) is 6.42. The molecule has 4 aromatic carbocycles. The molecule has 1 heterocycles. The summed E-state index contributed by atoms with van der Waals surface area (Å²) in [4.78, 5) is 0. The Kier molecular flexibility index (Phi) is 8.42. The average Bonchev–Trinajstić information content (AvgIpc) is 2.92. The topological polar surface area (TPSA) is 61.3 Å². The van der Waals surface area contributed by atoms with Crippen LogP contribution in [0, 0.1) is 0 Å². The largest absolute Gasteiger partial charge is 0.427 e. The first-order chi connectivity index (χ1) is 17.4. The number of rotatable bonds is 6. The van der Waals surface area contributed by atoms with Crippen molar-refractivity contribution in [3.05, 3.63) is 132 Å². The number of benzene rings is 4. The van der Waals surface area contributed by atoms with Gasteiger partial charge in [0.2, 0.25) is 0 Å². The second-order valence-corrected chi connectivity index (χ2v) is 9.81. The normalized spacial score (nSPS) is 14.4. The van der Waals surface area contributed by atoms with Crippen LogP contribution in [0.1, 0.15) is 30.5 Å². The van der Waals surface area contributed by atoms with E-state index in [-0.39, 0.29) is 12.5 Å². The van der Waals surface area contributed by atoms with Crippen LogP contribution < -0.4 is 16.9 Å². The van der Waals surface area contributed by atoms with Crippen molar-refractivity contribution in [3.8, 4) is 11.1 Å².